The van der Waals surface area contributed by atoms with Crippen LogP contribution < -0.4 is 11.1 Å². The lowest BCUT2D eigenvalue weighted by molar-refractivity contribution is 0.315. The molecule has 0 radical (unpaired) electrons. The van der Waals surface area contributed by atoms with E-state index in [1.165, 1.54) is 0 Å². The van der Waals surface area contributed by atoms with Crippen LogP contribution >= 0.6 is 0 Å². The van der Waals surface area contributed by atoms with Gasteiger partial charge in [0.15, 0.2) is 0 Å². The number of rotatable bonds is 5. The van der Waals surface area contributed by atoms with Crippen molar-refractivity contribution in [2.45, 2.75) is 25.9 Å². The SMILES string of the molecule is CC(CC(N)=NO)NCc1nccn1C. The zero-order valence-corrected chi connectivity index (χ0v) is 9.01. The highest BCUT2D eigenvalue weighted by Gasteiger charge is 2.06. The molecule has 4 N–H and O–H groups in total. The molecular weight excluding hydrogens is 194 g/mol. The van der Waals surface area contributed by atoms with Gasteiger partial charge in [-0.15, -0.1) is 0 Å². The molecular formula is C9H17N5O. The lowest BCUT2D eigenvalue weighted by Gasteiger charge is -2.12. The van der Waals surface area contributed by atoms with Gasteiger partial charge in [0.1, 0.15) is 11.7 Å². The van der Waals surface area contributed by atoms with Crippen LogP contribution in [0.4, 0.5) is 0 Å². The maximum atomic E-state index is 8.40. The Morgan fingerprint density at radius 2 is 2.53 bits per heavy atom. The minimum absolute atomic E-state index is 0.151. The lowest BCUT2D eigenvalue weighted by atomic mass is 10.2. The van der Waals surface area contributed by atoms with E-state index in [1.807, 2.05) is 24.7 Å². The van der Waals surface area contributed by atoms with Crippen molar-refractivity contribution in [1.29, 1.82) is 0 Å². The molecule has 6 heteroatoms. The molecule has 0 amide bonds. The Morgan fingerprint density at radius 1 is 1.80 bits per heavy atom. The maximum absolute atomic E-state index is 8.40. The highest BCUT2D eigenvalue weighted by molar-refractivity contribution is 5.80. The van der Waals surface area contributed by atoms with Crippen LogP contribution in [0, 0.1) is 0 Å². The Bertz CT molecular complexity index is 333. The summed E-state index contributed by atoms with van der Waals surface area (Å²) >= 11 is 0. The van der Waals surface area contributed by atoms with Crippen molar-refractivity contribution in [1.82, 2.24) is 14.9 Å². The Morgan fingerprint density at radius 3 is 3.07 bits per heavy atom. The molecule has 15 heavy (non-hydrogen) atoms. The number of aryl methyl sites for hydroxylation is 1. The molecule has 0 spiro atoms. The molecule has 1 aromatic rings. The fourth-order valence-electron chi connectivity index (χ4n) is 1.26. The zero-order valence-electron chi connectivity index (χ0n) is 9.01. The van der Waals surface area contributed by atoms with Gasteiger partial charge in [-0.25, -0.2) is 4.98 Å². The number of nitrogens with two attached hydrogens (primary N) is 1. The van der Waals surface area contributed by atoms with Crippen LogP contribution in [0.25, 0.3) is 0 Å². The van der Waals surface area contributed by atoms with E-state index >= 15 is 0 Å². The van der Waals surface area contributed by atoms with E-state index in [9.17, 15) is 0 Å². The highest BCUT2D eigenvalue weighted by atomic mass is 16.4. The molecule has 6 nitrogen and oxygen atoms in total. The second kappa shape index (κ2) is 5.35. The van der Waals surface area contributed by atoms with Crippen molar-refractivity contribution < 1.29 is 5.21 Å². The van der Waals surface area contributed by atoms with E-state index in [-0.39, 0.29) is 11.9 Å². The van der Waals surface area contributed by atoms with Gasteiger partial charge in [-0.2, -0.15) is 0 Å². The first-order valence-electron chi connectivity index (χ1n) is 4.79. The van der Waals surface area contributed by atoms with Crippen LogP contribution in [0.15, 0.2) is 17.5 Å². The van der Waals surface area contributed by atoms with Gasteiger partial charge in [-0.1, -0.05) is 5.16 Å². The molecule has 0 fully saturated rings. The van der Waals surface area contributed by atoms with Gasteiger partial charge in [0.05, 0.1) is 6.54 Å². The second-order valence-corrected chi connectivity index (χ2v) is 3.53. The number of nitrogens with zero attached hydrogens (tertiary/aromatic N) is 3. The van der Waals surface area contributed by atoms with Crippen molar-refractivity contribution in [3.8, 4) is 0 Å². The van der Waals surface area contributed by atoms with Crippen LogP contribution in [-0.4, -0.2) is 26.6 Å². The molecule has 1 atom stereocenters. The summed E-state index contributed by atoms with van der Waals surface area (Å²) in [6.07, 6.45) is 4.16. The van der Waals surface area contributed by atoms with Gasteiger partial charge in [0, 0.05) is 31.9 Å². The smallest absolute Gasteiger partial charge is 0.140 e. The van der Waals surface area contributed by atoms with Gasteiger partial charge in [0.2, 0.25) is 0 Å². The van der Waals surface area contributed by atoms with Crippen LogP contribution in [0.2, 0.25) is 0 Å². The predicted octanol–water partition coefficient (Wildman–Crippen LogP) is 0.0347. The average Bonchev–Trinajstić information content (AvgIpc) is 2.61. The molecule has 1 heterocycles. The van der Waals surface area contributed by atoms with Crippen molar-refractivity contribution in [3.05, 3.63) is 18.2 Å². The van der Waals surface area contributed by atoms with Gasteiger partial charge in [-0.3, -0.25) is 0 Å². The van der Waals surface area contributed by atoms with Crippen LogP contribution in [0.1, 0.15) is 19.2 Å². The predicted molar refractivity (Wildman–Crippen MR) is 57.5 cm³/mol. The summed E-state index contributed by atoms with van der Waals surface area (Å²) in [5.41, 5.74) is 5.39. The summed E-state index contributed by atoms with van der Waals surface area (Å²) < 4.78 is 1.95. The molecule has 1 aromatic heterocycles. The number of oxime groups is 1. The summed E-state index contributed by atoms with van der Waals surface area (Å²) in [6.45, 7) is 2.64. The first kappa shape index (κ1) is 11.5. The normalized spacial score (nSPS) is 14.1. The Hall–Kier alpha value is -1.56. The number of nitrogens with one attached hydrogen (secondary N) is 1. The van der Waals surface area contributed by atoms with E-state index in [0.29, 0.717) is 13.0 Å². The Kier molecular flexibility index (Phi) is 4.11. The van der Waals surface area contributed by atoms with Crippen LogP contribution in [0.3, 0.4) is 0 Å². The number of hydrogen-bond donors (Lipinski definition) is 3. The third-order valence-electron chi connectivity index (χ3n) is 2.17. The van der Waals surface area contributed by atoms with E-state index in [4.69, 9.17) is 10.9 Å². The van der Waals surface area contributed by atoms with Crippen molar-refractivity contribution in [2.75, 3.05) is 0 Å². The largest absolute Gasteiger partial charge is 0.409 e. The molecule has 0 saturated carbocycles. The summed E-state index contributed by atoms with van der Waals surface area (Å²) in [7, 11) is 1.94. The minimum atomic E-state index is 0.151. The minimum Gasteiger partial charge on any atom is -0.409 e. The van der Waals surface area contributed by atoms with Crippen molar-refractivity contribution >= 4 is 5.84 Å². The van der Waals surface area contributed by atoms with Gasteiger partial charge in [-0.05, 0) is 6.92 Å². The Balaban J connectivity index is 2.34. The molecule has 84 valence electrons. The van der Waals surface area contributed by atoms with E-state index in [0.717, 1.165) is 5.82 Å². The van der Waals surface area contributed by atoms with E-state index in [2.05, 4.69) is 15.5 Å². The molecule has 0 aliphatic carbocycles. The summed E-state index contributed by atoms with van der Waals surface area (Å²) in [6, 6.07) is 0.151. The third-order valence-corrected chi connectivity index (χ3v) is 2.17. The molecule has 0 aromatic carbocycles. The van der Waals surface area contributed by atoms with Gasteiger partial charge < -0.3 is 20.8 Å². The molecule has 0 saturated heterocycles. The van der Waals surface area contributed by atoms with Gasteiger partial charge >= 0.3 is 0 Å². The lowest BCUT2D eigenvalue weighted by Crippen LogP contribution is -2.31. The summed E-state index contributed by atoms with van der Waals surface area (Å²) in [4.78, 5) is 4.18. The molecule has 1 rings (SSSR count). The summed E-state index contributed by atoms with van der Waals surface area (Å²) in [5.74, 6) is 1.19. The fraction of sp³-hybridized carbons (Fsp3) is 0.556. The second-order valence-electron chi connectivity index (χ2n) is 3.53. The summed E-state index contributed by atoms with van der Waals surface area (Å²) in [5, 5.41) is 14.6. The molecule has 0 aliphatic rings. The number of amidine groups is 1. The topological polar surface area (TPSA) is 88.5 Å². The monoisotopic (exact) mass is 211 g/mol. The standard InChI is InChI=1S/C9H17N5O/c1-7(5-8(10)13-15)12-6-9-11-3-4-14(9)2/h3-4,7,12,15H,5-6H2,1-2H3,(H2,10,13). The fourth-order valence-corrected chi connectivity index (χ4v) is 1.26. The number of aromatic nitrogens is 2. The average molecular weight is 211 g/mol. The molecule has 0 bridgehead atoms. The van der Waals surface area contributed by atoms with E-state index in [1.54, 1.807) is 6.20 Å². The van der Waals surface area contributed by atoms with Crippen molar-refractivity contribution in [3.63, 3.8) is 0 Å². The Labute approximate surface area is 88.8 Å². The number of hydrogen-bond acceptors (Lipinski definition) is 4. The highest BCUT2D eigenvalue weighted by Crippen LogP contribution is 1.96. The van der Waals surface area contributed by atoms with Gasteiger partial charge in [0.25, 0.3) is 0 Å². The maximum Gasteiger partial charge on any atom is 0.140 e. The third kappa shape index (κ3) is 3.59. The first-order valence-corrected chi connectivity index (χ1v) is 4.79. The number of imidazole rings is 1. The molecule has 0 aliphatic heterocycles. The first-order chi connectivity index (χ1) is 7.13. The molecule has 1 unspecified atom stereocenters. The van der Waals surface area contributed by atoms with Crippen LogP contribution in [-0.2, 0) is 13.6 Å². The zero-order chi connectivity index (χ0) is 11.3. The van der Waals surface area contributed by atoms with E-state index < -0.39 is 0 Å². The quantitative estimate of drug-likeness (QED) is 0.277. The van der Waals surface area contributed by atoms with Crippen LogP contribution in [0.5, 0.6) is 0 Å². The van der Waals surface area contributed by atoms with Crippen molar-refractivity contribution in [2.24, 2.45) is 17.9 Å².